The fraction of sp³-hybridized carbons (Fsp3) is 0.607. The first kappa shape index (κ1) is 23.5. The standard InChI is InChI=1S/C23H32.C5H9N/c1-4-5-9-20-16-21(13-12-17(20)2)23-15-14-22(18(23)3)19-10-7-6-8-11-19;1-2-3-4-5-6/h12-13,15-16,19H,4-11,14H2,1-3H3;2-4H2,1H3. The van der Waals surface area contributed by atoms with Crippen molar-refractivity contribution in [2.75, 3.05) is 0 Å². The minimum atomic E-state index is 0.719. The van der Waals surface area contributed by atoms with Crippen molar-refractivity contribution in [3.63, 3.8) is 0 Å². The van der Waals surface area contributed by atoms with E-state index in [2.05, 4.69) is 58.0 Å². The average molecular weight is 392 g/mol. The van der Waals surface area contributed by atoms with E-state index < -0.39 is 0 Å². The highest BCUT2D eigenvalue weighted by Crippen LogP contribution is 2.41. The molecule has 1 saturated carbocycles. The molecule has 1 heteroatoms. The largest absolute Gasteiger partial charge is 0.198 e. The molecule has 0 saturated heterocycles. The summed E-state index contributed by atoms with van der Waals surface area (Å²) in [7, 11) is 0. The lowest BCUT2D eigenvalue weighted by molar-refractivity contribution is 0.398. The number of benzene rings is 1. The lowest BCUT2D eigenvalue weighted by atomic mass is 9.81. The molecule has 0 spiro atoms. The van der Waals surface area contributed by atoms with Crippen molar-refractivity contribution in [1.29, 1.82) is 5.26 Å². The van der Waals surface area contributed by atoms with Gasteiger partial charge in [-0.1, -0.05) is 75.8 Å². The Labute approximate surface area is 179 Å². The summed E-state index contributed by atoms with van der Waals surface area (Å²) in [6, 6.07) is 9.19. The Balaban J connectivity index is 0.000000438. The third kappa shape index (κ3) is 6.88. The molecule has 2 aliphatic carbocycles. The summed E-state index contributed by atoms with van der Waals surface area (Å²) < 4.78 is 0. The van der Waals surface area contributed by atoms with Gasteiger partial charge in [0.2, 0.25) is 0 Å². The molecule has 0 radical (unpaired) electrons. The summed E-state index contributed by atoms with van der Waals surface area (Å²) in [4.78, 5) is 0. The topological polar surface area (TPSA) is 23.8 Å². The minimum absolute atomic E-state index is 0.719. The molecule has 1 aromatic rings. The summed E-state index contributed by atoms with van der Waals surface area (Å²) in [6.07, 6.45) is 17.5. The van der Waals surface area contributed by atoms with Crippen LogP contribution in [0.25, 0.3) is 5.57 Å². The number of nitrogens with zero attached hydrogens (tertiary/aromatic N) is 1. The summed E-state index contributed by atoms with van der Waals surface area (Å²) in [5, 5.41) is 7.95. The molecule has 29 heavy (non-hydrogen) atoms. The monoisotopic (exact) mass is 391 g/mol. The van der Waals surface area contributed by atoms with E-state index in [4.69, 9.17) is 5.26 Å². The maximum absolute atomic E-state index is 7.95. The SMILES string of the molecule is CCCCC#N.CCCCc1cc(C2=CCC(C3CCCCC3)=C2C)ccc1C. The van der Waals surface area contributed by atoms with Gasteiger partial charge in [-0.2, -0.15) is 5.26 Å². The third-order valence-corrected chi connectivity index (χ3v) is 6.61. The van der Waals surface area contributed by atoms with Gasteiger partial charge in [0.05, 0.1) is 6.07 Å². The number of unbranched alkanes of at least 4 members (excludes halogenated alkanes) is 3. The molecule has 0 bridgehead atoms. The maximum atomic E-state index is 7.95. The molecule has 0 N–H and O–H groups in total. The number of nitriles is 1. The van der Waals surface area contributed by atoms with Crippen molar-refractivity contribution >= 4 is 5.57 Å². The van der Waals surface area contributed by atoms with E-state index >= 15 is 0 Å². The highest BCUT2D eigenvalue weighted by molar-refractivity contribution is 5.82. The Morgan fingerprint density at radius 2 is 1.72 bits per heavy atom. The highest BCUT2D eigenvalue weighted by atomic mass is 14.3. The van der Waals surface area contributed by atoms with Gasteiger partial charge in [0.1, 0.15) is 0 Å². The molecule has 158 valence electrons. The van der Waals surface area contributed by atoms with Crippen molar-refractivity contribution in [3.05, 3.63) is 52.1 Å². The molecule has 1 aromatic carbocycles. The van der Waals surface area contributed by atoms with Crippen molar-refractivity contribution in [1.82, 2.24) is 0 Å². The lowest BCUT2D eigenvalue weighted by Crippen LogP contribution is -2.09. The van der Waals surface area contributed by atoms with Crippen LogP contribution in [0.1, 0.15) is 108 Å². The first-order valence-corrected chi connectivity index (χ1v) is 12.0. The van der Waals surface area contributed by atoms with Gasteiger partial charge < -0.3 is 0 Å². The van der Waals surface area contributed by atoms with E-state index in [-0.39, 0.29) is 0 Å². The van der Waals surface area contributed by atoms with Crippen LogP contribution in [0.15, 0.2) is 35.4 Å². The smallest absolute Gasteiger partial charge is 0.0621 e. The second-order valence-corrected chi connectivity index (χ2v) is 8.81. The lowest BCUT2D eigenvalue weighted by Gasteiger charge is -2.24. The van der Waals surface area contributed by atoms with Crippen LogP contribution in [0.4, 0.5) is 0 Å². The van der Waals surface area contributed by atoms with Crippen LogP contribution >= 0.6 is 0 Å². The summed E-state index contributed by atoms with van der Waals surface area (Å²) in [5.41, 5.74) is 9.30. The second kappa shape index (κ2) is 12.7. The molecular weight excluding hydrogens is 350 g/mol. The van der Waals surface area contributed by atoms with Crippen molar-refractivity contribution in [3.8, 4) is 6.07 Å². The predicted molar refractivity (Wildman–Crippen MR) is 127 cm³/mol. The van der Waals surface area contributed by atoms with E-state index in [0.29, 0.717) is 0 Å². The molecule has 3 rings (SSSR count). The predicted octanol–water partition coefficient (Wildman–Crippen LogP) is 8.72. The Bertz CT molecular complexity index is 738. The van der Waals surface area contributed by atoms with Crippen LogP contribution in [0, 0.1) is 24.2 Å². The van der Waals surface area contributed by atoms with Gasteiger partial charge in [0, 0.05) is 6.42 Å². The zero-order valence-corrected chi connectivity index (χ0v) is 19.3. The van der Waals surface area contributed by atoms with Crippen LogP contribution in [-0.4, -0.2) is 0 Å². The molecule has 1 fully saturated rings. The zero-order chi connectivity index (χ0) is 21.1. The van der Waals surface area contributed by atoms with Gasteiger partial charge in [-0.3, -0.25) is 0 Å². The summed E-state index contributed by atoms with van der Waals surface area (Å²) in [5.74, 6) is 0.863. The van der Waals surface area contributed by atoms with Crippen molar-refractivity contribution in [2.24, 2.45) is 5.92 Å². The van der Waals surface area contributed by atoms with Gasteiger partial charge in [0.25, 0.3) is 0 Å². The minimum Gasteiger partial charge on any atom is -0.198 e. The average Bonchev–Trinajstić information content (AvgIpc) is 3.14. The molecule has 0 aromatic heterocycles. The Kier molecular flexibility index (Phi) is 10.3. The highest BCUT2D eigenvalue weighted by Gasteiger charge is 2.24. The number of rotatable bonds is 7. The third-order valence-electron chi connectivity index (χ3n) is 6.61. The van der Waals surface area contributed by atoms with Gasteiger partial charge in [-0.15, -0.1) is 0 Å². The van der Waals surface area contributed by atoms with Crippen molar-refractivity contribution < 1.29 is 0 Å². The number of hydrogen-bond donors (Lipinski definition) is 0. The molecule has 0 unspecified atom stereocenters. The van der Waals surface area contributed by atoms with Gasteiger partial charge in [-0.25, -0.2) is 0 Å². The molecular formula is C28H41N. The first-order chi connectivity index (χ1) is 14.1. The molecule has 0 aliphatic heterocycles. The molecule has 0 amide bonds. The Hall–Kier alpha value is -1.81. The normalized spacial score (nSPS) is 16.9. The number of hydrogen-bond acceptors (Lipinski definition) is 1. The van der Waals surface area contributed by atoms with Crippen LogP contribution in [0.3, 0.4) is 0 Å². The van der Waals surface area contributed by atoms with E-state index in [1.807, 2.05) is 0 Å². The molecule has 1 nitrogen and oxygen atoms in total. The number of allylic oxidation sites excluding steroid dienone is 4. The summed E-state index contributed by atoms with van der Waals surface area (Å²) in [6.45, 7) is 8.99. The first-order valence-electron chi connectivity index (χ1n) is 12.0. The van der Waals surface area contributed by atoms with E-state index in [9.17, 15) is 0 Å². The quantitative estimate of drug-likeness (QED) is 0.426. The Morgan fingerprint density at radius 3 is 2.34 bits per heavy atom. The van der Waals surface area contributed by atoms with E-state index in [1.54, 1.807) is 16.7 Å². The number of aryl methyl sites for hydroxylation is 2. The van der Waals surface area contributed by atoms with E-state index in [1.165, 1.54) is 74.5 Å². The molecule has 2 aliphatic rings. The van der Waals surface area contributed by atoms with Gasteiger partial charge >= 0.3 is 0 Å². The van der Waals surface area contributed by atoms with Crippen LogP contribution in [0.5, 0.6) is 0 Å². The van der Waals surface area contributed by atoms with Gasteiger partial charge in [-0.05, 0) is 86.1 Å². The Morgan fingerprint density at radius 1 is 1.00 bits per heavy atom. The fourth-order valence-corrected chi connectivity index (χ4v) is 4.68. The molecule has 0 atom stereocenters. The van der Waals surface area contributed by atoms with Crippen LogP contribution in [-0.2, 0) is 6.42 Å². The second-order valence-electron chi connectivity index (χ2n) is 8.81. The molecule has 0 heterocycles. The van der Waals surface area contributed by atoms with E-state index in [0.717, 1.165) is 25.2 Å². The maximum Gasteiger partial charge on any atom is 0.0621 e. The fourth-order valence-electron chi connectivity index (χ4n) is 4.68. The summed E-state index contributed by atoms with van der Waals surface area (Å²) >= 11 is 0. The van der Waals surface area contributed by atoms with Crippen LogP contribution < -0.4 is 0 Å². The van der Waals surface area contributed by atoms with Crippen molar-refractivity contribution in [2.45, 2.75) is 105 Å². The van der Waals surface area contributed by atoms with Gasteiger partial charge in [0.15, 0.2) is 0 Å². The van der Waals surface area contributed by atoms with Crippen LogP contribution in [0.2, 0.25) is 0 Å². The zero-order valence-electron chi connectivity index (χ0n) is 19.3.